The van der Waals surface area contributed by atoms with Crippen molar-refractivity contribution in [1.29, 1.82) is 0 Å². The minimum Gasteiger partial charge on any atom is -0.362 e. The monoisotopic (exact) mass is 305 g/mol. The summed E-state index contributed by atoms with van der Waals surface area (Å²) in [6.45, 7) is 11.2. The van der Waals surface area contributed by atoms with Gasteiger partial charge in [0.1, 0.15) is 0 Å². The molecule has 114 valence electrons. The second-order valence-corrected chi connectivity index (χ2v) is 6.52. The number of nitrogens with one attached hydrogen (secondary N) is 1. The third-order valence-electron chi connectivity index (χ3n) is 3.36. The van der Waals surface area contributed by atoms with Crippen LogP contribution in [-0.2, 0) is 0 Å². The molecule has 0 aliphatic carbocycles. The molecule has 0 atom stereocenters. The maximum absolute atomic E-state index is 12.8. The molecule has 0 radical (unpaired) electrons. The highest BCUT2D eigenvalue weighted by Gasteiger charge is 2.16. The predicted octanol–water partition coefficient (Wildman–Crippen LogP) is 4.11. The van der Waals surface area contributed by atoms with Gasteiger partial charge in [0.2, 0.25) is 0 Å². The summed E-state index contributed by atoms with van der Waals surface area (Å²) in [5, 5.41) is 5.98. The number of pyridine rings is 1. The highest BCUT2D eigenvalue weighted by atomic mass is 32.1. The van der Waals surface area contributed by atoms with E-state index in [1.54, 1.807) is 0 Å². The van der Waals surface area contributed by atoms with Gasteiger partial charge in [0.15, 0.2) is 5.13 Å². The molecule has 0 bridgehead atoms. The first-order valence-electron chi connectivity index (χ1n) is 7.40. The molecular weight excluding hydrogens is 282 g/mol. The molecule has 0 fully saturated rings. The van der Waals surface area contributed by atoms with Gasteiger partial charge in [-0.1, -0.05) is 13.8 Å². The van der Waals surface area contributed by atoms with E-state index < -0.39 is 0 Å². The number of hydrogen-bond donors (Lipinski definition) is 1. The number of anilines is 1. The van der Waals surface area contributed by atoms with E-state index in [1.165, 1.54) is 11.3 Å². The van der Waals surface area contributed by atoms with E-state index in [2.05, 4.69) is 24.1 Å². The lowest BCUT2D eigenvalue weighted by Gasteiger charge is -2.19. The van der Waals surface area contributed by atoms with Crippen LogP contribution in [0.1, 0.15) is 52.3 Å². The molecule has 0 aromatic carbocycles. The molecule has 1 N–H and O–H groups in total. The number of rotatable bonds is 5. The van der Waals surface area contributed by atoms with Crippen molar-refractivity contribution in [2.24, 2.45) is 0 Å². The van der Waals surface area contributed by atoms with Crippen molar-refractivity contribution in [3.63, 3.8) is 0 Å². The third kappa shape index (κ3) is 3.18. The highest BCUT2D eigenvalue weighted by molar-refractivity contribution is 7.14. The van der Waals surface area contributed by atoms with Gasteiger partial charge in [0.25, 0.3) is 5.56 Å². The molecular formula is C16H23N3OS. The van der Waals surface area contributed by atoms with Crippen LogP contribution in [0.15, 0.2) is 22.3 Å². The van der Waals surface area contributed by atoms with Crippen LogP contribution in [0.2, 0.25) is 0 Å². The van der Waals surface area contributed by atoms with Crippen molar-refractivity contribution in [1.82, 2.24) is 9.55 Å². The van der Waals surface area contributed by atoms with E-state index >= 15 is 0 Å². The molecule has 5 heteroatoms. The Morgan fingerprint density at radius 2 is 2.00 bits per heavy atom. The van der Waals surface area contributed by atoms with Gasteiger partial charge >= 0.3 is 0 Å². The SMILES string of the molecule is CCNc1nc(-c2ccc(C(C)C)n(C(C)C)c2=O)cs1. The first-order valence-corrected chi connectivity index (χ1v) is 8.28. The second-order valence-electron chi connectivity index (χ2n) is 5.66. The van der Waals surface area contributed by atoms with E-state index in [4.69, 9.17) is 0 Å². The van der Waals surface area contributed by atoms with Crippen molar-refractivity contribution in [2.75, 3.05) is 11.9 Å². The van der Waals surface area contributed by atoms with Gasteiger partial charge < -0.3 is 9.88 Å². The van der Waals surface area contributed by atoms with E-state index in [0.29, 0.717) is 11.5 Å². The standard InChI is InChI=1S/C16H23N3OS/c1-6-17-16-18-13(9-21-16)12-7-8-14(10(2)3)19(11(4)5)15(12)20/h7-11H,6H2,1-5H3,(H,17,18). The maximum Gasteiger partial charge on any atom is 0.260 e. The highest BCUT2D eigenvalue weighted by Crippen LogP contribution is 2.25. The van der Waals surface area contributed by atoms with Gasteiger partial charge in [-0.2, -0.15) is 0 Å². The fraction of sp³-hybridized carbons (Fsp3) is 0.500. The zero-order valence-corrected chi connectivity index (χ0v) is 14.1. The Kier molecular flexibility index (Phi) is 4.83. The fourth-order valence-electron chi connectivity index (χ4n) is 2.40. The molecule has 2 heterocycles. The number of aromatic nitrogens is 2. The lowest BCUT2D eigenvalue weighted by molar-refractivity contribution is 0.536. The molecule has 0 aliphatic heterocycles. The Hall–Kier alpha value is -1.62. The van der Waals surface area contributed by atoms with Crippen molar-refractivity contribution in [3.8, 4) is 11.3 Å². The number of hydrogen-bond acceptors (Lipinski definition) is 4. The molecule has 0 unspecified atom stereocenters. The summed E-state index contributed by atoms with van der Waals surface area (Å²) in [4.78, 5) is 17.3. The molecule has 0 saturated carbocycles. The summed E-state index contributed by atoms with van der Waals surface area (Å²) in [7, 11) is 0. The minimum absolute atomic E-state index is 0.0459. The van der Waals surface area contributed by atoms with Gasteiger partial charge in [-0.05, 0) is 38.8 Å². The van der Waals surface area contributed by atoms with Crippen molar-refractivity contribution in [3.05, 3.63) is 33.6 Å². The average molecular weight is 305 g/mol. The summed E-state index contributed by atoms with van der Waals surface area (Å²) in [6, 6.07) is 4.09. The Morgan fingerprint density at radius 1 is 1.29 bits per heavy atom. The van der Waals surface area contributed by atoms with E-state index in [-0.39, 0.29) is 11.6 Å². The average Bonchev–Trinajstić information content (AvgIpc) is 2.86. The molecule has 2 rings (SSSR count). The van der Waals surface area contributed by atoms with Crippen LogP contribution in [0.25, 0.3) is 11.3 Å². The van der Waals surface area contributed by atoms with Crippen LogP contribution in [-0.4, -0.2) is 16.1 Å². The largest absolute Gasteiger partial charge is 0.362 e. The molecule has 0 spiro atoms. The molecule has 0 aliphatic rings. The normalized spacial score (nSPS) is 11.4. The van der Waals surface area contributed by atoms with Gasteiger partial charge in [-0.15, -0.1) is 11.3 Å². The molecule has 21 heavy (non-hydrogen) atoms. The predicted molar refractivity (Wildman–Crippen MR) is 90.4 cm³/mol. The van der Waals surface area contributed by atoms with E-state index in [0.717, 1.165) is 23.1 Å². The van der Waals surface area contributed by atoms with E-state index in [9.17, 15) is 4.79 Å². The van der Waals surface area contributed by atoms with Gasteiger partial charge in [0, 0.05) is 23.7 Å². The lowest BCUT2D eigenvalue weighted by atomic mass is 10.1. The van der Waals surface area contributed by atoms with Crippen LogP contribution >= 0.6 is 11.3 Å². The molecule has 4 nitrogen and oxygen atoms in total. The molecule has 2 aromatic heterocycles. The summed E-state index contributed by atoms with van der Waals surface area (Å²) >= 11 is 1.53. The number of thiazole rings is 1. The van der Waals surface area contributed by atoms with Gasteiger partial charge in [-0.25, -0.2) is 4.98 Å². The Labute approximate surface area is 129 Å². The quantitative estimate of drug-likeness (QED) is 0.904. The first kappa shape index (κ1) is 15.8. The molecule has 0 amide bonds. The maximum atomic E-state index is 12.8. The zero-order chi connectivity index (χ0) is 15.6. The number of nitrogens with zero attached hydrogens (tertiary/aromatic N) is 2. The summed E-state index contributed by atoms with van der Waals surface area (Å²) in [5.74, 6) is 0.321. The molecule has 0 saturated heterocycles. The topological polar surface area (TPSA) is 46.9 Å². The lowest BCUT2D eigenvalue weighted by Crippen LogP contribution is -2.27. The summed E-state index contributed by atoms with van der Waals surface area (Å²) < 4.78 is 1.88. The third-order valence-corrected chi connectivity index (χ3v) is 4.16. The summed E-state index contributed by atoms with van der Waals surface area (Å²) in [6.07, 6.45) is 0. The Balaban J connectivity index is 2.55. The van der Waals surface area contributed by atoms with E-state index in [1.807, 2.05) is 42.9 Å². The Bertz CT molecular complexity index is 670. The first-order chi connectivity index (χ1) is 9.95. The second kappa shape index (κ2) is 6.43. The van der Waals surface area contributed by atoms with Crippen LogP contribution in [0.4, 0.5) is 5.13 Å². The van der Waals surface area contributed by atoms with Gasteiger partial charge in [-0.3, -0.25) is 4.79 Å². The van der Waals surface area contributed by atoms with Crippen LogP contribution in [0.5, 0.6) is 0 Å². The molecule has 2 aromatic rings. The van der Waals surface area contributed by atoms with Crippen molar-refractivity contribution >= 4 is 16.5 Å². The van der Waals surface area contributed by atoms with Gasteiger partial charge in [0.05, 0.1) is 11.3 Å². The van der Waals surface area contributed by atoms with Crippen molar-refractivity contribution in [2.45, 2.75) is 46.6 Å². The van der Waals surface area contributed by atoms with Crippen LogP contribution < -0.4 is 10.9 Å². The Morgan fingerprint density at radius 3 is 2.57 bits per heavy atom. The smallest absolute Gasteiger partial charge is 0.260 e. The van der Waals surface area contributed by atoms with Crippen molar-refractivity contribution < 1.29 is 0 Å². The zero-order valence-electron chi connectivity index (χ0n) is 13.3. The van der Waals surface area contributed by atoms with Crippen LogP contribution in [0, 0.1) is 0 Å². The van der Waals surface area contributed by atoms with Crippen LogP contribution in [0.3, 0.4) is 0 Å². The summed E-state index contributed by atoms with van der Waals surface area (Å²) in [5.41, 5.74) is 2.55. The fourth-order valence-corrected chi connectivity index (χ4v) is 3.18. The minimum atomic E-state index is 0.0459.